The summed E-state index contributed by atoms with van der Waals surface area (Å²) in [5.41, 5.74) is -1.20. The molecule has 16 atom stereocenters. The van der Waals surface area contributed by atoms with Crippen LogP contribution in [0.4, 0.5) is 0 Å². The molecule has 0 radical (unpaired) electrons. The molecule has 2 N–H and O–H groups in total. The number of carboxylic acids is 2. The molecule has 0 aliphatic heterocycles. The van der Waals surface area contributed by atoms with Gasteiger partial charge in [-0.05, 0) is 194 Å². The van der Waals surface area contributed by atoms with Gasteiger partial charge in [-0.25, -0.2) is 0 Å². The van der Waals surface area contributed by atoms with Gasteiger partial charge < -0.3 is 10.2 Å². The van der Waals surface area contributed by atoms with Crippen LogP contribution in [-0.2, 0) is 59.4 Å². The fourth-order valence-corrected chi connectivity index (χ4v) is 25.7. The van der Waals surface area contributed by atoms with Gasteiger partial charge in [0.15, 0.2) is 0 Å². The molecule has 0 saturated heterocycles. The molecule has 0 spiro atoms. The molecule has 6 aromatic rings. The van der Waals surface area contributed by atoms with Crippen molar-refractivity contribution in [3.05, 3.63) is 182 Å². The van der Waals surface area contributed by atoms with Gasteiger partial charge in [0, 0.05) is 108 Å². The molecule has 8 saturated carbocycles. The van der Waals surface area contributed by atoms with Crippen molar-refractivity contribution in [3.8, 4) is 0 Å². The van der Waals surface area contributed by atoms with Gasteiger partial charge >= 0.3 is 11.9 Å². The van der Waals surface area contributed by atoms with Crippen LogP contribution < -0.4 is 31.8 Å². The Balaban J connectivity index is 0.000000143. The van der Waals surface area contributed by atoms with Crippen LogP contribution in [0.5, 0.6) is 0 Å². The first-order valence-corrected chi connectivity index (χ1v) is 38.7. The smallest absolute Gasteiger partial charge is 0.303 e. The first-order chi connectivity index (χ1) is 46.1. The van der Waals surface area contributed by atoms with Gasteiger partial charge in [-0.1, -0.05) is 151 Å². The number of carbonyl (C=O) groups excluding carboxylic acids is 6. The number of Topliss-reactive ketones (excluding diaryl/α,β-unsaturated/α-hetero) is 6. The average molecular weight is 1530 g/mol. The van der Waals surface area contributed by atoms with E-state index in [1.54, 1.807) is 0 Å². The van der Waals surface area contributed by atoms with Gasteiger partial charge in [0.05, 0.1) is 15.8 Å². The van der Waals surface area contributed by atoms with Crippen molar-refractivity contribution in [2.45, 2.75) is 157 Å². The number of carboxylic acid groups (broad SMARTS) is 2. The number of fused-ring (bicyclic) bond motifs is 10. The van der Waals surface area contributed by atoms with Crippen molar-refractivity contribution >= 4 is 94.3 Å². The maximum Gasteiger partial charge on any atom is 0.303 e. The van der Waals surface area contributed by atoms with Gasteiger partial charge in [-0.3, -0.25) is 38.4 Å². The van der Waals surface area contributed by atoms with Crippen LogP contribution in [-0.4, -0.2) is 56.9 Å². The second-order valence-electron chi connectivity index (χ2n) is 30.7. The first-order valence-electron chi connectivity index (χ1n) is 35.7. The molecule has 8 aliphatic rings. The van der Waals surface area contributed by atoms with Crippen LogP contribution in [0.1, 0.15) is 157 Å². The predicted molar refractivity (Wildman–Crippen MR) is 387 cm³/mol. The first kappa shape index (κ1) is 73.5. The third-order valence-electron chi connectivity index (χ3n) is 25.8. The SMILES string of the molecule is CC(CCC(=O)O)C1CCC2C3C(=O)CC4CC(=O)CC[C@@]4(C)C3CC(=O)[C@@]12C.CC(CCC(=O)O)C1CCC2C3C(=O)CC4CC(=O)CC[C@]4(C)C3CC(=O)[C@]12C.[Pt].c1ccc([PH+](c2ccccc2)c2ccccc2)cc1.c1ccc([PH+](c2ccccc2)c2ccccc2)cc1. The molecule has 14 rings (SSSR count). The summed E-state index contributed by atoms with van der Waals surface area (Å²) in [7, 11) is -1.75. The van der Waals surface area contributed by atoms with E-state index >= 15 is 0 Å². The summed E-state index contributed by atoms with van der Waals surface area (Å²) in [5, 5.41) is 26.7. The van der Waals surface area contributed by atoms with E-state index in [4.69, 9.17) is 10.2 Å². The third-order valence-corrected chi connectivity index (χ3v) is 31.3. The molecule has 0 bridgehead atoms. The summed E-state index contributed by atoms with van der Waals surface area (Å²) in [6.45, 7) is 12.7. The number of carbonyl (C=O) groups is 8. The fraction of sp³-hybridized carbons (Fsp3) is 0.476. The van der Waals surface area contributed by atoms with Crippen molar-refractivity contribution in [1.29, 1.82) is 0 Å². The molecule has 8 fully saturated rings. The van der Waals surface area contributed by atoms with Crippen LogP contribution in [0.15, 0.2) is 182 Å². The van der Waals surface area contributed by atoms with Crippen LogP contribution >= 0.6 is 15.8 Å². The second kappa shape index (κ2) is 31.6. The molecule has 12 unspecified atom stereocenters. The van der Waals surface area contributed by atoms with Crippen LogP contribution in [0.25, 0.3) is 0 Å². The molecule has 514 valence electrons. The van der Waals surface area contributed by atoms with Crippen molar-refractivity contribution in [1.82, 2.24) is 0 Å². The van der Waals surface area contributed by atoms with E-state index in [0.29, 0.717) is 64.2 Å². The second-order valence-corrected chi connectivity index (χ2v) is 35.6. The van der Waals surface area contributed by atoms with E-state index < -0.39 is 38.6 Å². The molecule has 0 aromatic heterocycles. The van der Waals surface area contributed by atoms with Gasteiger partial charge in [0.25, 0.3) is 0 Å². The van der Waals surface area contributed by atoms with Crippen molar-refractivity contribution in [3.63, 3.8) is 0 Å². The number of rotatable bonds is 14. The zero-order valence-electron chi connectivity index (χ0n) is 57.5. The Kier molecular flexibility index (Phi) is 23.9. The average Bonchev–Trinajstić information content (AvgIpc) is 1.39. The Hall–Kier alpha value is -6.17. The van der Waals surface area contributed by atoms with E-state index in [1.807, 2.05) is 0 Å². The molecule has 0 amide bonds. The normalized spacial score (nSPS) is 31.3. The Morgan fingerprint density at radius 3 is 0.928 bits per heavy atom. The Morgan fingerprint density at radius 1 is 0.402 bits per heavy atom. The number of benzene rings is 6. The maximum absolute atomic E-state index is 13.6. The molecule has 13 heteroatoms. The molecule has 0 heterocycles. The fourth-order valence-electron chi connectivity index (χ4n) is 20.5. The zero-order valence-corrected chi connectivity index (χ0v) is 61.7. The number of ketones is 6. The maximum atomic E-state index is 13.6. The van der Waals surface area contributed by atoms with E-state index in [-0.39, 0.29) is 150 Å². The minimum atomic E-state index is -0.877. The minimum Gasteiger partial charge on any atom is -0.481 e. The topological polar surface area (TPSA) is 177 Å². The quantitative estimate of drug-likeness (QED) is 0.0998. The minimum absolute atomic E-state index is 0. The summed E-state index contributed by atoms with van der Waals surface area (Å²) in [5.74, 6) is 1.05. The van der Waals surface area contributed by atoms with Crippen LogP contribution in [0.3, 0.4) is 0 Å². The van der Waals surface area contributed by atoms with Crippen LogP contribution in [0, 0.1) is 92.7 Å². The van der Waals surface area contributed by atoms with Crippen molar-refractivity contribution in [2.75, 3.05) is 0 Å². The monoisotopic (exact) mass is 1530 g/mol. The Labute approximate surface area is 591 Å². The molecule has 97 heavy (non-hydrogen) atoms. The summed E-state index contributed by atoms with van der Waals surface area (Å²) in [6.07, 6.45) is 10.7. The summed E-state index contributed by atoms with van der Waals surface area (Å²) in [4.78, 5) is 100.0. The largest absolute Gasteiger partial charge is 0.481 e. The van der Waals surface area contributed by atoms with E-state index in [9.17, 15) is 38.4 Å². The van der Waals surface area contributed by atoms with Gasteiger partial charge in [-0.2, -0.15) is 0 Å². The molecule has 10 nitrogen and oxygen atoms in total. The molecule has 8 aliphatic carbocycles. The van der Waals surface area contributed by atoms with E-state index in [2.05, 4.69) is 224 Å². The summed E-state index contributed by atoms with van der Waals surface area (Å²) >= 11 is 0. The summed E-state index contributed by atoms with van der Waals surface area (Å²) in [6, 6.07) is 65.0. The third kappa shape index (κ3) is 15.2. The Bertz CT molecular complexity index is 3310. The van der Waals surface area contributed by atoms with E-state index in [1.165, 1.54) is 31.8 Å². The molecule has 6 aromatic carbocycles. The molecular formula is C84H100O10P2Pt+2. The van der Waals surface area contributed by atoms with E-state index in [0.717, 1.165) is 38.5 Å². The van der Waals surface area contributed by atoms with Gasteiger partial charge in [0.1, 0.15) is 66.5 Å². The van der Waals surface area contributed by atoms with Gasteiger partial charge in [0.2, 0.25) is 0 Å². The number of aliphatic carboxylic acids is 2. The predicted octanol–water partition coefficient (Wildman–Crippen LogP) is 14.5. The van der Waals surface area contributed by atoms with Crippen molar-refractivity contribution < 1.29 is 69.6 Å². The Morgan fingerprint density at radius 2 is 0.670 bits per heavy atom. The number of hydrogen-bond donors (Lipinski definition) is 2. The standard InChI is InChI=1S/2C24H34O5.2C18H15P.Pt/c2*1-13(4-7-21(28)29)16-5-6-17-22-18(12-20(27)24(16,17)3)23(2)9-8-15(25)10-14(23)11-19(22)26;2*1-4-10-16(11-5-1)19(17-12-6-2-7-13-17)18-14-8-3-9-15-18;/h2*13-14,16-18,22H,4-12H2,1-3H3,(H,28,29);2*1-15H;/p+2/t2*13?,14?,16?,17?,18?,22?,23-,24+;;;/m10.../s1. The van der Waals surface area contributed by atoms with Gasteiger partial charge in [-0.15, -0.1) is 0 Å². The number of hydrogen-bond acceptors (Lipinski definition) is 8. The van der Waals surface area contributed by atoms with Crippen molar-refractivity contribution in [2.24, 2.45) is 92.7 Å². The summed E-state index contributed by atoms with van der Waals surface area (Å²) < 4.78 is 0. The zero-order chi connectivity index (χ0) is 68.1. The van der Waals surface area contributed by atoms with Crippen LogP contribution in [0.2, 0.25) is 0 Å². The molecular weight excluding hydrogens is 1430 g/mol.